The predicted octanol–water partition coefficient (Wildman–Crippen LogP) is 4.71. The highest BCUT2D eigenvalue weighted by Gasteiger charge is 2.42. The van der Waals surface area contributed by atoms with E-state index in [0.29, 0.717) is 21.3 Å². The summed E-state index contributed by atoms with van der Waals surface area (Å²) in [6.07, 6.45) is 4.16. The van der Waals surface area contributed by atoms with Gasteiger partial charge in [0, 0.05) is 17.3 Å². The Kier molecular flexibility index (Phi) is 6.76. The summed E-state index contributed by atoms with van der Waals surface area (Å²) in [5.74, 6) is 0.545. The fourth-order valence-electron chi connectivity index (χ4n) is 4.31. The zero-order valence-electron chi connectivity index (χ0n) is 19.8. The highest BCUT2D eigenvalue weighted by Crippen LogP contribution is 2.38. The molecule has 2 aromatic carbocycles. The van der Waals surface area contributed by atoms with Gasteiger partial charge < -0.3 is 4.74 Å². The Morgan fingerprint density at radius 2 is 1.86 bits per heavy atom. The van der Waals surface area contributed by atoms with Crippen molar-refractivity contribution in [1.29, 1.82) is 0 Å². The number of rotatable bonds is 6. The minimum absolute atomic E-state index is 0.0469. The number of thiocarbonyl (C=S) groups is 1. The minimum atomic E-state index is -3.14. The number of hydrogen-bond donors (Lipinski definition) is 0. The van der Waals surface area contributed by atoms with Gasteiger partial charge in [0.2, 0.25) is 0 Å². The maximum Gasteiger partial charge on any atom is 0.266 e. The molecule has 0 saturated carbocycles. The Balaban J connectivity index is 1.52. The van der Waals surface area contributed by atoms with Crippen LogP contribution in [0.3, 0.4) is 0 Å². The van der Waals surface area contributed by atoms with Crippen LogP contribution in [-0.2, 0) is 14.6 Å². The first-order chi connectivity index (χ1) is 17.2. The van der Waals surface area contributed by atoms with E-state index in [1.165, 1.54) is 16.7 Å². The molecule has 2 aliphatic rings. The Labute approximate surface area is 220 Å². The van der Waals surface area contributed by atoms with E-state index >= 15 is 0 Å². The molecule has 0 radical (unpaired) electrons. The molecule has 2 fully saturated rings. The molecule has 0 aliphatic carbocycles. The summed E-state index contributed by atoms with van der Waals surface area (Å²) in [5, 5.41) is 4.83. The lowest BCUT2D eigenvalue weighted by Gasteiger charge is -2.20. The molecule has 2 aliphatic heterocycles. The summed E-state index contributed by atoms with van der Waals surface area (Å²) in [6.45, 7) is 3.95. The van der Waals surface area contributed by atoms with E-state index in [-0.39, 0.29) is 23.5 Å². The van der Waals surface area contributed by atoms with E-state index in [4.69, 9.17) is 22.1 Å². The van der Waals surface area contributed by atoms with Crippen LogP contribution in [0, 0.1) is 0 Å². The van der Waals surface area contributed by atoms with Gasteiger partial charge in [-0.15, -0.1) is 0 Å². The summed E-state index contributed by atoms with van der Waals surface area (Å²) >= 11 is 6.68. The van der Waals surface area contributed by atoms with Crippen LogP contribution in [0.2, 0.25) is 0 Å². The third-order valence-electron chi connectivity index (χ3n) is 5.95. The largest absolute Gasteiger partial charge is 0.491 e. The molecule has 1 amide bonds. The first kappa shape index (κ1) is 24.7. The van der Waals surface area contributed by atoms with Crippen LogP contribution in [0.4, 0.5) is 0 Å². The minimum Gasteiger partial charge on any atom is -0.491 e. The first-order valence-electron chi connectivity index (χ1n) is 11.6. The number of benzene rings is 2. The number of hydrogen-bond acceptors (Lipinski definition) is 7. The number of amides is 1. The second-order valence-electron chi connectivity index (χ2n) is 9.01. The van der Waals surface area contributed by atoms with E-state index in [2.05, 4.69) is 0 Å². The molecule has 186 valence electrons. The van der Waals surface area contributed by atoms with Gasteiger partial charge in [0.15, 0.2) is 9.84 Å². The van der Waals surface area contributed by atoms with Crippen molar-refractivity contribution in [3.63, 3.8) is 0 Å². The van der Waals surface area contributed by atoms with Gasteiger partial charge in [-0.3, -0.25) is 9.69 Å². The van der Waals surface area contributed by atoms with E-state index in [0.717, 1.165) is 22.6 Å². The lowest BCUT2D eigenvalue weighted by molar-refractivity contribution is -0.123. The molecule has 1 aromatic heterocycles. The van der Waals surface area contributed by atoms with Gasteiger partial charge >= 0.3 is 0 Å². The summed E-state index contributed by atoms with van der Waals surface area (Å²) < 4.78 is 31.9. The second-order valence-corrected chi connectivity index (χ2v) is 12.9. The van der Waals surface area contributed by atoms with Crippen molar-refractivity contribution in [3.05, 3.63) is 71.3 Å². The van der Waals surface area contributed by atoms with Crippen LogP contribution < -0.4 is 4.74 Å². The van der Waals surface area contributed by atoms with Crippen LogP contribution in [-0.4, -0.2) is 57.0 Å². The normalized spacial score (nSPS) is 20.6. The molecule has 3 heterocycles. The molecule has 1 atom stereocenters. The monoisotopic (exact) mass is 539 g/mol. The van der Waals surface area contributed by atoms with Crippen molar-refractivity contribution in [1.82, 2.24) is 14.7 Å². The highest BCUT2D eigenvalue weighted by molar-refractivity contribution is 8.26. The van der Waals surface area contributed by atoms with Crippen LogP contribution in [0.15, 0.2) is 65.7 Å². The molecule has 10 heteroatoms. The molecular formula is C26H25N3O4S3. The van der Waals surface area contributed by atoms with E-state index in [1.807, 2.05) is 74.6 Å². The van der Waals surface area contributed by atoms with Crippen LogP contribution in [0.5, 0.6) is 5.75 Å². The smallest absolute Gasteiger partial charge is 0.266 e. The molecule has 3 aromatic rings. The van der Waals surface area contributed by atoms with Crippen molar-refractivity contribution in [3.8, 4) is 22.7 Å². The van der Waals surface area contributed by atoms with E-state index in [9.17, 15) is 13.2 Å². The SMILES string of the molecule is CC(C)Oc1ccc(-c2nn(-c3ccccc3)cc2/C=C2\SC(=S)N([C@H]3CCS(=O)(=O)C3)C2=O)cc1. The van der Waals surface area contributed by atoms with Crippen molar-refractivity contribution in [2.24, 2.45) is 0 Å². The van der Waals surface area contributed by atoms with Gasteiger partial charge in [-0.05, 0) is 62.7 Å². The molecule has 5 rings (SSSR count). The van der Waals surface area contributed by atoms with Crippen molar-refractivity contribution in [2.75, 3.05) is 11.5 Å². The molecule has 0 spiro atoms. The maximum absolute atomic E-state index is 13.3. The second kappa shape index (κ2) is 9.84. The molecule has 0 bridgehead atoms. The third-order valence-corrected chi connectivity index (χ3v) is 9.03. The van der Waals surface area contributed by atoms with Gasteiger partial charge in [0.1, 0.15) is 10.1 Å². The van der Waals surface area contributed by atoms with Crippen LogP contribution in [0.1, 0.15) is 25.8 Å². The summed E-state index contributed by atoms with van der Waals surface area (Å²) in [7, 11) is -3.14. The molecular weight excluding hydrogens is 515 g/mol. The average Bonchev–Trinajstić information content (AvgIpc) is 3.50. The molecule has 0 N–H and O–H groups in total. The van der Waals surface area contributed by atoms with Gasteiger partial charge in [0.05, 0.1) is 39.9 Å². The summed E-state index contributed by atoms with van der Waals surface area (Å²) in [6, 6.07) is 17.0. The number of para-hydroxylation sites is 1. The maximum atomic E-state index is 13.3. The van der Waals surface area contributed by atoms with Crippen molar-refractivity contribution in [2.45, 2.75) is 32.4 Å². The van der Waals surface area contributed by atoms with Gasteiger partial charge in [-0.2, -0.15) is 5.10 Å². The van der Waals surface area contributed by atoms with Crippen LogP contribution >= 0.6 is 24.0 Å². The number of carbonyl (C=O) groups is 1. The predicted molar refractivity (Wildman–Crippen MR) is 147 cm³/mol. The molecule has 36 heavy (non-hydrogen) atoms. The number of ether oxygens (including phenoxy) is 1. The number of carbonyl (C=O) groups excluding carboxylic acids is 1. The highest BCUT2D eigenvalue weighted by atomic mass is 32.2. The lowest BCUT2D eigenvalue weighted by Crippen LogP contribution is -2.39. The lowest BCUT2D eigenvalue weighted by atomic mass is 10.1. The first-order valence-corrected chi connectivity index (χ1v) is 14.6. The Morgan fingerprint density at radius 1 is 1.14 bits per heavy atom. The summed E-state index contributed by atoms with van der Waals surface area (Å²) in [4.78, 5) is 15.2. The Hall–Kier alpha value is -2.95. The topological polar surface area (TPSA) is 81.5 Å². The zero-order valence-corrected chi connectivity index (χ0v) is 22.3. The summed E-state index contributed by atoms with van der Waals surface area (Å²) in [5.41, 5.74) is 3.24. The molecule has 7 nitrogen and oxygen atoms in total. The van der Waals surface area contributed by atoms with Crippen LogP contribution in [0.25, 0.3) is 23.0 Å². The van der Waals surface area contributed by atoms with Crippen molar-refractivity contribution >= 4 is 50.1 Å². The van der Waals surface area contributed by atoms with Gasteiger partial charge in [-0.1, -0.05) is 42.2 Å². The number of aromatic nitrogens is 2. The standard InChI is InChI=1S/C26H25N3O4S3/c1-17(2)33-22-10-8-18(9-11-22)24-19(15-28(27-24)20-6-4-3-5-7-20)14-23-25(30)29(26(34)35-23)21-12-13-36(31,32)16-21/h3-11,14-15,17,21H,12-13,16H2,1-2H3/b23-14-/t21-/m0/s1. The van der Waals surface area contributed by atoms with Crippen molar-refractivity contribution < 1.29 is 17.9 Å². The number of thioether (sulfide) groups is 1. The molecule has 0 unspecified atom stereocenters. The number of sulfone groups is 1. The fraction of sp³-hybridized carbons (Fsp3) is 0.269. The average molecular weight is 540 g/mol. The van der Waals surface area contributed by atoms with Gasteiger partial charge in [-0.25, -0.2) is 13.1 Å². The zero-order chi connectivity index (χ0) is 25.4. The number of nitrogens with zero attached hydrogens (tertiary/aromatic N) is 3. The van der Waals surface area contributed by atoms with Gasteiger partial charge in [0.25, 0.3) is 5.91 Å². The van der Waals surface area contributed by atoms with E-state index < -0.39 is 15.9 Å². The fourth-order valence-corrected chi connectivity index (χ4v) is 7.40. The quantitative estimate of drug-likeness (QED) is 0.331. The van der Waals surface area contributed by atoms with E-state index in [1.54, 1.807) is 10.8 Å². The Bertz CT molecular complexity index is 1450. The molecule has 2 saturated heterocycles. The Morgan fingerprint density at radius 3 is 2.50 bits per heavy atom. The third kappa shape index (κ3) is 5.11.